The molecule has 5 N–H and O–H groups in total. The molecule has 2 aromatic heterocycles. The fourth-order valence-corrected chi connectivity index (χ4v) is 3.45. The maximum atomic E-state index is 13.0. The van der Waals surface area contributed by atoms with Gasteiger partial charge < -0.3 is 25.8 Å². The summed E-state index contributed by atoms with van der Waals surface area (Å²) in [6.45, 7) is 1.35. The van der Waals surface area contributed by atoms with Crippen LogP contribution in [0.5, 0.6) is 0 Å². The first-order valence-electron chi connectivity index (χ1n) is 9.40. The highest BCUT2D eigenvalue weighted by Crippen LogP contribution is 2.37. The average Bonchev–Trinajstić information content (AvgIpc) is 3.29. The van der Waals surface area contributed by atoms with Gasteiger partial charge in [0.1, 0.15) is 11.5 Å². The van der Waals surface area contributed by atoms with Crippen LogP contribution in [0.1, 0.15) is 22.0 Å². The molecule has 4 rings (SSSR count). The van der Waals surface area contributed by atoms with Crippen LogP contribution in [0.2, 0.25) is 0 Å². The number of nitrogens with one attached hydrogen (secondary N) is 3. The molecule has 3 amide bonds. The number of anilines is 2. The first-order chi connectivity index (χ1) is 15.1. The zero-order chi connectivity index (χ0) is 23.0. The predicted molar refractivity (Wildman–Crippen MR) is 113 cm³/mol. The molecule has 4 aromatic rings. The van der Waals surface area contributed by atoms with Crippen LogP contribution in [-0.2, 0) is 6.18 Å². The lowest BCUT2D eigenvalue weighted by molar-refractivity contribution is -0.152. The first kappa shape index (κ1) is 21.0. The number of fused-ring (bicyclic) bond motifs is 1. The van der Waals surface area contributed by atoms with E-state index in [9.17, 15) is 22.8 Å². The Morgan fingerprint density at radius 3 is 2.38 bits per heavy atom. The number of halogens is 3. The van der Waals surface area contributed by atoms with Crippen molar-refractivity contribution >= 4 is 34.2 Å². The molecule has 0 radical (unpaired) electrons. The van der Waals surface area contributed by atoms with Gasteiger partial charge in [0.25, 0.3) is 5.91 Å². The summed E-state index contributed by atoms with van der Waals surface area (Å²) in [7, 11) is 0. The van der Waals surface area contributed by atoms with Crippen molar-refractivity contribution in [3.05, 3.63) is 71.8 Å². The Labute approximate surface area is 179 Å². The zero-order valence-corrected chi connectivity index (χ0v) is 16.6. The molecular formula is C22H17F3N4O3. The average molecular weight is 442 g/mol. The molecule has 0 saturated heterocycles. The van der Waals surface area contributed by atoms with E-state index in [1.807, 2.05) is 24.3 Å². The summed E-state index contributed by atoms with van der Waals surface area (Å²) in [5.74, 6) is -1.88. The van der Waals surface area contributed by atoms with Crippen LogP contribution >= 0.6 is 0 Å². The number of aromatic amines is 1. The highest BCUT2D eigenvalue weighted by atomic mass is 19.4. The second-order valence-corrected chi connectivity index (χ2v) is 7.04. The number of carbonyl (C=O) groups is 2. The molecule has 32 heavy (non-hydrogen) atoms. The molecule has 0 bridgehead atoms. The maximum absolute atomic E-state index is 13.0. The molecule has 0 unspecified atom stereocenters. The second-order valence-electron chi connectivity index (χ2n) is 7.04. The van der Waals surface area contributed by atoms with E-state index in [0.717, 1.165) is 17.0 Å². The maximum Gasteiger partial charge on any atom is 0.451 e. The number of H-pyrrole nitrogens is 1. The summed E-state index contributed by atoms with van der Waals surface area (Å²) in [5, 5.41) is 5.41. The van der Waals surface area contributed by atoms with Crippen molar-refractivity contribution in [1.29, 1.82) is 0 Å². The molecule has 0 fully saturated rings. The minimum absolute atomic E-state index is 0.0148. The van der Waals surface area contributed by atoms with Crippen LogP contribution in [0.25, 0.3) is 22.0 Å². The van der Waals surface area contributed by atoms with E-state index in [4.69, 9.17) is 5.73 Å². The highest BCUT2D eigenvalue weighted by molar-refractivity contribution is 6.09. The molecule has 0 aliphatic rings. The van der Waals surface area contributed by atoms with E-state index >= 15 is 0 Å². The van der Waals surface area contributed by atoms with Crippen LogP contribution in [0.4, 0.5) is 29.3 Å². The number of para-hydroxylation sites is 1. The number of rotatable bonds is 4. The van der Waals surface area contributed by atoms with Crippen molar-refractivity contribution in [3.8, 4) is 11.1 Å². The van der Waals surface area contributed by atoms with E-state index in [-0.39, 0.29) is 11.5 Å². The monoisotopic (exact) mass is 442 g/mol. The lowest BCUT2D eigenvalue weighted by Gasteiger charge is -2.10. The lowest BCUT2D eigenvalue weighted by Crippen LogP contribution is -2.21. The number of hydrogen-bond donors (Lipinski definition) is 4. The molecular weight excluding hydrogens is 425 g/mol. The number of nitrogens with two attached hydrogens (primary N) is 1. The normalized spacial score (nSPS) is 11.5. The molecule has 10 heteroatoms. The first-order valence-corrected chi connectivity index (χ1v) is 9.40. The Morgan fingerprint density at radius 2 is 1.72 bits per heavy atom. The standard InChI is InChI=1S/C22H17F3N4O3/c1-11-10-16(19(32-11)22(23,24)25)29-21(31)27-13-8-6-12(7-9-13)17-14-4-2-3-5-15(14)28-18(17)20(26)30/h2-10,28H,1H3,(H2,26,30)(H2,27,29,31). The van der Waals surface area contributed by atoms with Gasteiger partial charge >= 0.3 is 12.2 Å². The Morgan fingerprint density at radius 1 is 1.03 bits per heavy atom. The van der Waals surface area contributed by atoms with Crippen molar-refractivity contribution in [3.63, 3.8) is 0 Å². The van der Waals surface area contributed by atoms with Crippen molar-refractivity contribution in [1.82, 2.24) is 4.98 Å². The van der Waals surface area contributed by atoms with Crippen LogP contribution in [-0.4, -0.2) is 16.9 Å². The van der Waals surface area contributed by atoms with Crippen LogP contribution in [0, 0.1) is 6.92 Å². The van der Waals surface area contributed by atoms with Crippen molar-refractivity contribution in [2.45, 2.75) is 13.1 Å². The molecule has 0 aliphatic carbocycles. The molecule has 0 spiro atoms. The van der Waals surface area contributed by atoms with Crippen molar-refractivity contribution in [2.75, 3.05) is 10.6 Å². The Kier molecular flexibility index (Phi) is 5.13. The summed E-state index contributed by atoms with van der Waals surface area (Å²) >= 11 is 0. The van der Waals surface area contributed by atoms with E-state index < -0.39 is 29.6 Å². The molecule has 0 atom stereocenters. The fraction of sp³-hybridized carbons (Fsp3) is 0.0909. The van der Waals surface area contributed by atoms with Crippen LogP contribution in [0.15, 0.2) is 59.0 Å². The third kappa shape index (κ3) is 4.02. The summed E-state index contributed by atoms with van der Waals surface area (Å²) < 4.78 is 43.7. The van der Waals surface area contributed by atoms with Crippen molar-refractivity contribution < 1.29 is 27.2 Å². The van der Waals surface area contributed by atoms with Gasteiger partial charge in [-0.3, -0.25) is 4.79 Å². The van der Waals surface area contributed by atoms with E-state index in [2.05, 4.69) is 20.0 Å². The van der Waals surface area contributed by atoms with Gasteiger partial charge in [-0.2, -0.15) is 13.2 Å². The lowest BCUT2D eigenvalue weighted by atomic mass is 10.0. The molecule has 0 saturated carbocycles. The molecule has 0 aliphatic heterocycles. The highest BCUT2D eigenvalue weighted by Gasteiger charge is 2.38. The number of urea groups is 1. The summed E-state index contributed by atoms with van der Waals surface area (Å²) in [6, 6.07) is 14.0. The van der Waals surface area contributed by atoms with Gasteiger partial charge in [-0.25, -0.2) is 4.79 Å². The second kappa shape index (κ2) is 7.80. The minimum Gasteiger partial charge on any atom is -0.455 e. The Balaban J connectivity index is 1.56. The number of amides is 3. The minimum atomic E-state index is -4.74. The molecule has 2 aromatic carbocycles. The number of furan rings is 1. The van der Waals surface area contributed by atoms with E-state index in [0.29, 0.717) is 16.8 Å². The third-order valence-electron chi connectivity index (χ3n) is 4.74. The van der Waals surface area contributed by atoms with E-state index in [1.165, 1.54) is 6.92 Å². The quantitative estimate of drug-likeness (QED) is 0.335. The van der Waals surface area contributed by atoms with E-state index in [1.54, 1.807) is 24.3 Å². The number of alkyl halides is 3. The largest absolute Gasteiger partial charge is 0.455 e. The molecule has 2 heterocycles. The number of hydrogen-bond acceptors (Lipinski definition) is 3. The summed E-state index contributed by atoms with van der Waals surface area (Å²) in [6.07, 6.45) is -4.74. The summed E-state index contributed by atoms with van der Waals surface area (Å²) in [4.78, 5) is 27.1. The van der Waals surface area contributed by atoms with Gasteiger partial charge in [0.2, 0.25) is 5.76 Å². The topological polar surface area (TPSA) is 113 Å². The number of aromatic nitrogens is 1. The summed E-state index contributed by atoms with van der Waals surface area (Å²) in [5.41, 5.74) is 7.65. The SMILES string of the molecule is Cc1cc(NC(=O)Nc2ccc(-c3c(C(N)=O)[nH]c4ccccc34)cc2)c(C(F)(F)F)o1. The van der Waals surface area contributed by atoms with Crippen molar-refractivity contribution in [2.24, 2.45) is 5.73 Å². The smallest absolute Gasteiger partial charge is 0.451 e. The van der Waals surface area contributed by atoms with Crippen LogP contribution < -0.4 is 16.4 Å². The Bertz CT molecular complexity index is 1320. The molecule has 164 valence electrons. The number of primary amides is 1. The van der Waals surface area contributed by atoms with Gasteiger partial charge in [-0.15, -0.1) is 0 Å². The third-order valence-corrected chi connectivity index (χ3v) is 4.74. The van der Waals surface area contributed by atoms with Gasteiger partial charge in [-0.05, 0) is 30.7 Å². The number of aryl methyl sites for hydroxylation is 1. The van der Waals surface area contributed by atoms with Crippen LogP contribution in [0.3, 0.4) is 0 Å². The van der Waals surface area contributed by atoms with Gasteiger partial charge in [0, 0.05) is 28.2 Å². The number of benzene rings is 2. The molecule has 7 nitrogen and oxygen atoms in total. The predicted octanol–water partition coefficient (Wildman–Crippen LogP) is 5.50. The van der Waals surface area contributed by atoms with Gasteiger partial charge in [-0.1, -0.05) is 30.3 Å². The van der Waals surface area contributed by atoms with Gasteiger partial charge in [0.15, 0.2) is 0 Å². The fourth-order valence-electron chi connectivity index (χ4n) is 3.45. The number of carbonyl (C=O) groups excluding carboxylic acids is 2. The van der Waals surface area contributed by atoms with Gasteiger partial charge in [0.05, 0.1) is 5.69 Å². The zero-order valence-electron chi connectivity index (χ0n) is 16.6. The Hall–Kier alpha value is -4.21.